The Hall–Kier alpha value is -2.54. The predicted octanol–water partition coefficient (Wildman–Crippen LogP) is 2.91. The van der Waals surface area contributed by atoms with E-state index in [-0.39, 0.29) is 5.76 Å². The van der Waals surface area contributed by atoms with Crippen molar-refractivity contribution >= 4 is 38.7 Å². The number of aromatic nitrogens is 1. The molecule has 3 N–H and O–H groups in total. The van der Waals surface area contributed by atoms with Crippen LogP contribution in [0.3, 0.4) is 0 Å². The molecule has 0 bridgehead atoms. The first-order valence-electron chi connectivity index (χ1n) is 6.49. The number of carbonyl (C=O) groups is 2. The lowest BCUT2D eigenvalue weighted by atomic mass is 10.1. The van der Waals surface area contributed by atoms with Crippen molar-refractivity contribution in [3.63, 3.8) is 0 Å². The number of rotatable bonds is 2. The average molecular weight is 362 g/mol. The quantitative estimate of drug-likeness (QED) is 0.613. The molecule has 0 saturated carbocycles. The van der Waals surface area contributed by atoms with E-state index < -0.39 is 11.8 Å². The summed E-state index contributed by atoms with van der Waals surface area (Å²) in [4.78, 5) is 26.7. The summed E-state index contributed by atoms with van der Waals surface area (Å²) >= 11 is 3.23. The minimum Gasteiger partial charge on any atom is -0.451 e. The van der Waals surface area contributed by atoms with Crippen molar-refractivity contribution in [2.45, 2.75) is 6.92 Å². The summed E-state index contributed by atoms with van der Waals surface area (Å²) in [6.07, 6.45) is 1.63. The van der Waals surface area contributed by atoms with E-state index in [1.165, 1.54) is 0 Å². The Kier molecular flexibility index (Phi) is 3.72. The van der Waals surface area contributed by atoms with Gasteiger partial charge in [0, 0.05) is 21.6 Å². The van der Waals surface area contributed by atoms with Gasteiger partial charge in [-0.15, -0.1) is 0 Å². The van der Waals surface area contributed by atoms with E-state index in [2.05, 4.69) is 31.8 Å². The van der Waals surface area contributed by atoms with E-state index in [0.717, 1.165) is 15.4 Å². The molecular formula is C15H12BrN3O3. The zero-order valence-corrected chi connectivity index (χ0v) is 13.2. The molecule has 0 atom stereocenters. The van der Waals surface area contributed by atoms with Crippen molar-refractivity contribution in [3.8, 4) is 0 Å². The number of hydrazine groups is 1. The Bertz CT molecular complexity index is 866. The maximum atomic E-state index is 12.1. The molecule has 22 heavy (non-hydrogen) atoms. The third-order valence-electron chi connectivity index (χ3n) is 3.23. The summed E-state index contributed by atoms with van der Waals surface area (Å²) in [5.41, 5.74) is 6.36. The summed E-state index contributed by atoms with van der Waals surface area (Å²) in [7, 11) is 0. The number of carbonyl (C=O) groups excluding carboxylic acids is 2. The molecule has 0 aliphatic rings. The van der Waals surface area contributed by atoms with Gasteiger partial charge in [0.2, 0.25) is 0 Å². The molecule has 1 aromatic carbocycles. The van der Waals surface area contributed by atoms with E-state index >= 15 is 0 Å². The molecule has 0 fully saturated rings. The van der Waals surface area contributed by atoms with Crippen molar-refractivity contribution in [3.05, 3.63) is 58.0 Å². The lowest BCUT2D eigenvalue weighted by molar-refractivity contribution is 0.0829. The zero-order valence-electron chi connectivity index (χ0n) is 11.6. The summed E-state index contributed by atoms with van der Waals surface area (Å²) in [6, 6.07) is 8.97. The van der Waals surface area contributed by atoms with Gasteiger partial charge in [-0.25, -0.2) is 0 Å². The molecule has 6 nitrogen and oxygen atoms in total. The number of para-hydroxylation sites is 1. The largest absolute Gasteiger partial charge is 0.451 e. The number of benzene rings is 1. The first-order chi connectivity index (χ1) is 10.6. The molecule has 7 heteroatoms. The number of nitrogens with one attached hydrogen (secondary N) is 3. The van der Waals surface area contributed by atoms with Crippen LogP contribution < -0.4 is 10.9 Å². The number of amides is 2. The highest BCUT2D eigenvalue weighted by atomic mass is 79.9. The average Bonchev–Trinajstić information content (AvgIpc) is 3.09. The second kappa shape index (κ2) is 5.69. The van der Waals surface area contributed by atoms with E-state index in [9.17, 15) is 9.59 Å². The Labute approximate surface area is 134 Å². The molecule has 0 aliphatic carbocycles. The van der Waals surface area contributed by atoms with Crippen molar-refractivity contribution in [2.24, 2.45) is 0 Å². The van der Waals surface area contributed by atoms with Gasteiger partial charge in [-0.05, 0) is 35.0 Å². The number of aryl methyl sites for hydroxylation is 1. The van der Waals surface area contributed by atoms with Crippen molar-refractivity contribution in [1.82, 2.24) is 15.8 Å². The number of aromatic amines is 1. The van der Waals surface area contributed by atoms with E-state index in [1.807, 2.05) is 18.2 Å². The fraction of sp³-hybridized carbons (Fsp3) is 0.0667. The Morgan fingerprint density at radius 2 is 1.91 bits per heavy atom. The number of H-pyrrole nitrogens is 1. The van der Waals surface area contributed by atoms with Crippen LogP contribution in [0.15, 0.2) is 45.4 Å². The van der Waals surface area contributed by atoms with Crippen LogP contribution in [0.25, 0.3) is 11.0 Å². The molecular weight excluding hydrogens is 350 g/mol. The van der Waals surface area contributed by atoms with Crippen LogP contribution in [0.4, 0.5) is 0 Å². The monoisotopic (exact) mass is 361 g/mol. The lowest BCUT2D eigenvalue weighted by Crippen LogP contribution is -2.41. The van der Waals surface area contributed by atoms with Gasteiger partial charge >= 0.3 is 5.91 Å². The van der Waals surface area contributed by atoms with Gasteiger partial charge in [-0.1, -0.05) is 18.2 Å². The van der Waals surface area contributed by atoms with Crippen LogP contribution in [0.1, 0.15) is 26.6 Å². The number of fused-ring (bicyclic) bond motifs is 1. The number of hydrogen-bond donors (Lipinski definition) is 3. The van der Waals surface area contributed by atoms with E-state index in [4.69, 9.17) is 4.42 Å². The molecule has 2 amide bonds. The predicted molar refractivity (Wildman–Crippen MR) is 84.4 cm³/mol. The smallest absolute Gasteiger partial charge is 0.305 e. The molecule has 2 heterocycles. The fourth-order valence-electron chi connectivity index (χ4n) is 2.13. The van der Waals surface area contributed by atoms with Crippen LogP contribution >= 0.6 is 15.9 Å². The minimum absolute atomic E-state index is 0.175. The highest BCUT2D eigenvalue weighted by Gasteiger charge is 2.18. The van der Waals surface area contributed by atoms with Gasteiger partial charge in [0.15, 0.2) is 5.76 Å². The first-order valence-corrected chi connectivity index (χ1v) is 7.28. The highest BCUT2D eigenvalue weighted by Crippen LogP contribution is 2.24. The van der Waals surface area contributed by atoms with Gasteiger partial charge in [0.05, 0.1) is 0 Å². The molecule has 0 radical (unpaired) electrons. The summed E-state index contributed by atoms with van der Waals surface area (Å²) in [6.45, 7) is 1.80. The molecule has 0 unspecified atom stereocenters. The fourth-order valence-corrected chi connectivity index (χ4v) is 2.47. The van der Waals surface area contributed by atoms with Crippen LogP contribution in [-0.2, 0) is 0 Å². The molecule has 3 rings (SSSR count). The lowest BCUT2D eigenvalue weighted by Gasteiger charge is -2.05. The second-order valence-electron chi connectivity index (χ2n) is 4.69. The highest BCUT2D eigenvalue weighted by molar-refractivity contribution is 9.10. The maximum Gasteiger partial charge on any atom is 0.305 e. The van der Waals surface area contributed by atoms with Crippen LogP contribution in [0.5, 0.6) is 0 Å². The van der Waals surface area contributed by atoms with Crippen LogP contribution in [-0.4, -0.2) is 16.8 Å². The maximum absolute atomic E-state index is 12.1. The van der Waals surface area contributed by atoms with E-state index in [1.54, 1.807) is 25.3 Å². The summed E-state index contributed by atoms with van der Waals surface area (Å²) in [5, 5.41) is 0.868. The zero-order chi connectivity index (χ0) is 15.7. The van der Waals surface area contributed by atoms with Gasteiger partial charge in [-0.2, -0.15) is 0 Å². The third-order valence-corrected chi connectivity index (χ3v) is 3.69. The topological polar surface area (TPSA) is 87.1 Å². The Morgan fingerprint density at radius 1 is 1.18 bits per heavy atom. The summed E-state index contributed by atoms with van der Waals surface area (Å²) in [5.74, 6) is -0.783. The molecule has 112 valence electrons. The van der Waals surface area contributed by atoms with Gasteiger partial charge in [-0.3, -0.25) is 20.4 Å². The van der Waals surface area contributed by atoms with Crippen molar-refractivity contribution < 1.29 is 14.0 Å². The number of hydrogen-bond acceptors (Lipinski definition) is 3. The Balaban J connectivity index is 1.73. The van der Waals surface area contributed by atoms with Crippen LogP contribution in [0, 0.1) is 6.92 Å². The second-order valence-corrected chi connectivity index (χ2v) is 5.61. The number of halogens is 1. The first kappa shape index (κ1) is 14.4. The number of furan rings is 1. The Morgan fingerprint density at radius 3 is 2.59 bits per heavy atom. The standard InChI is InChI=1S/C15H12BrN3O3/c1-8-10-4-2-3-5-12(10)22-13(8)15(21)19-18-14(20)11-6-9(16)7-17-11/h2-7,17H,1H3,(H,18,20)(H,19,21). The molecule has 0 spiro atoms. The third kappa shape index (κ3) is 2.62. The molecule has 2 aromatic heterocycles. The molecule has 3 aromatic rings. The molecule has 0 saturated heterocycles. The minimum atomic E-state index is -0.507. The van der Waals surface area contributed by atoms with Gasteiger partial charge in [0.1, 0.15) is 11.3 Å². The van der Waals surface area contributed by atoms with Gasteiger partial charge < -0.3 is 9.40 Å². The van der Waals surface area contributed by atoms with Crippen molar-refractivity contribution in [1.29, 1.82) is 0 Å². The summed E-state index contributed by atoms with van der Waals surface area (Å²) < 4.78 is 6.27. The normalized spacial score (nSPS) is 10.6. The SMILES string of the molecule is Cc1c(C(=O)NNC(=O)c2cc(Br)c[nH]2)oc2ccccc12. The molecule has 0 aliphatic heterocycles. The van der Waals surface area contributed by atoms with Gasteiger partial charge in [0.25, 0.3) is 5.91 Å². The van der Waals surface area contributed by atoms with Crippen LogP contribution in [0.2, 0.25) is 0 Å². The van der Waals surface area contributed by atoms with E-state index in [0.29, 0.717) is 11.3 Å². The van der Waals surface area contributed by atoms with Crippen molar-refractivity contribution in [2.75, 3.05) is 0 Å².